The Bertz CT molecular complexity index is 826. The summed E-state index contributed by atoms with van der Waals surface area (Å²) in [7, 11) is 1.95. The van der Waals surface area contributed by atoms with Gasteiger partial charge in [0.25, 0.3) is 0 Å². The van der Waals surface area contributed by atoms with Gasteiger partial charge < -0.3 is 0 Å². The van der Waals surface area contributed by atoms with Gasteiger partial charge in [-0.15, -0.1) is 0 Å². The van der Waals surface area contributed by atoms with Crippen molar-refractivity contribution in [2.24, 2.45) is 18.9 Å². The van der Waals surface area contributed by atoms with Crippen molar-refractivity contribution in [3.8, 4) is 0 Å². The maximum atomic E-state index is 13.6. The monoisotopic (exact) mass is 389 g/mol. The van der Waals surface area contributed by atoms with E-state index in [0.29, 0.717) is 24.5 Å². The van der Waals surface area contributed by atoms with Crippen LogP contribution in [0, 0.1) is 23.5 Å². The van der Waals surface area contributed by atoms with E-state index in [-0.39, 0.29) is 11.8 Å². The van der Waals surface area contributed by atoms with Crippen LogP contribution in [0.3, 0.4) is 0 Å². The molecule has 1 aromatic carbocycles. The van der Waals surface area contributed by atoms with E-state index < -0.39 is 17.7 Å². The van der Waals surface area contributed by atoms with Crippen molar-refractivity contribution in [3.63, 3.8) is 0 Å². The van der Waals surface area contributed by atoms with Gasteiger partial charge in [0, 0.05) is 37.3 Å². The summed E-state index contributed by atoms with van der Waals surface area (Å²) in [6, 6.07) is 5.03. The molecule has 0 N–H and O–H groups in total. The molecule has 1 atom stereocenters. The summed E-state index contributed by atoms with van der Waals surface area (Å²) in [4.78, 5) is 18.6. The van der Waals surface area contributed by atoms with Crippen molar-refractivity contribution in [2.45, 2.75) is 44.6 Å². The molecule has 1 saturated heterocycles. The van der Waals surface area contributed by atoms with Gasteiger partial charge in [-0.25, -0.2) is 13.8 Å². The molecule has 0 bridgehead atoms. The van der Waals surface area contributed by atoms with Crippen LogP contribution in [0.25, 0.3) is 0 Å². The first-order valence-electron chi connectivity index (χ1n) is 9.90. The van der Waals surface area contributed by atoms with Gasteiger partial charge in [-0.2, -0.15) is 5.10 Å². The van der Waals surface area contributed by atoms with E-state index in [4.69, 9.17) is 4.84 Å². The van der Waals surface area contributed by atoms with Crippen LogP contribution >= 0.6 is 0 Å². The fourth-order valence-electron chi connectivity index (χ4n) is 4.45. The van der Waals surface area contributed by atoms with Gasteiger partial charge in [0.05, 0.1) is 12.6 Å². The average molecular weight is 389 g/mol. The van der Waals surface area contributed by atoms with Crippen molar-refractivity contribution in [1.82, 2.24) is 14.8 Å². The molecule has 28 heavy (non-hydrogen) atoms. The number of halogens is 2. The first-order chi connectivity index (χ1) is 13.5. The molecule has 0 spiro atoms. The molecule has 4 rings (SSSR count). The van der Waals surface area contributed by atoms with Crippen LogP contribution in [0.5, 0.6) is 0 Å². The molecule has 1 saturated carbocycles. The number of carbonyl (C=O) groups is 1. The van der Waals surface area contributed by atoms with Crippen molar-refractivity contribution in [1.29, 1.82) is 0 Å². The normalized spacial score (nSPS) is 25.2. The molecule has 2 fully saturated rings. The second-order valence-corrected chi connectivity index (χ2v) is 7.87. The average Bonchev–Trinajstić information content (AvgIpc) is 3.31. The summed E-state index contributed by atoms with van der Waals surface area (Å²) in [6.07, 6.45) is 6.91. The summed E-state index contributed by atoms with van der Waals surface area (Å²) in [5.74, 6) is -0.880. The zero-order valence-electron chi connectivity index (χ0n) is 16.0. The second-order valence-electron chi connectivity index (χ2n) is 7.87. The Labute approximate surface area is 163 Å². The molecule has 7 heteroatoms. The zero-order chi connectivity index (χ0) is 19.7. The van der Waals surface area contributed by atoms with Gasteiger partial charge >= 0.3 is 0 Å². The highest BCUT2D eigenvalue weighted by molar-refractivity contribution is 5.78. The zero-order valence-corrected chi connectivity index (χ0v) is 16.0. The molecule has 2 aromatic rings. The first kappa shape index (κ1) is 19.1. The van der Waals surface area contributed by atoms with E-state index in [1.807, 2.05) is 24.0 Å². The fourth-order valence-corrected chi connectivity index (χ4v) is 4.45. The number of aryl methyl sites for hydroxylation is 1. The number of amides is 1. The third-order valence-electron chi connectivity index (χ3n) is 6.01. The van der Waals surface area contributed by atoms with Gasteiger partial charge in [-0.05, 0) is 61.8 Å². The van der Waals surface area contributed by atoms with E-state index in [0.717, 1.165) is 38.2 Å². The van der Waals surface area contributed by atoms with E-state index in [1.54, 1.807) is 0 Å². The van der Waals surface area contributed by atoms with Crippen LogP contribution in [-0.2, 0) is 23.1 Å². The quantitative estimate of drug-likeness (QED) is 0.795. The van der Waals surface area contributed by atoms with E-state index in [9.17, 15) is 13.6 Å². The number of rotatable bonds is 4. The Hall–Kier alpha value is -2.28. The molecule has 1 aromatic heterocycles. The van der Waals surface area contributed by atoms with Gasteiger partial charge in [0.15, 0.2) is 0 Å². The summed E-state index contributed by atoms with van der Waals surface area (Å²) >= 11 is 0. The molecule has 0 unspecified atom stereocenters. The molecular weight excluding hydrogens is 364 g/mol. The van der Waals surface area contributed by atoms with Crippen LogP contribution in [0.1, 0.15) is 49.4 Å². The molecular formula is C21H25F2N3O2. The molecule has 1 aliphatic heterocycles. The lowest BCUT2D eigenvalue weighted by Crippen LogP contribution is -2.37. The van der Waals surface area contributed by atoms with Crippen molar-refractivity contribution >= 4 is 5.91 Å². The highest BCUT2D eigenvalue weighted by atomic mass is 19.1. The maximum Gasteiger partial charge on any atom is 0.249 e. The molecule has 5 nitrogen and oxygen atoms in total. The van der Waals surface area contributed by atoms with E-state index in [1.165, 1.54) is 22.9 Å². The SMILES string of the molecule is Cn1nccc1C[C@H]1CC[C@H](C(=O)N2OCC[C@H]2c2cc(F)cc(F)c2)CC1. The Morgan fingerprint density at radius 2 is 1.86 bits per heavy atom. The number of aromatic nitrogens is 2. The van der Waals surface area contributed by atoms with Crippen LogP contribution < -0.4 is 0 Å². The predicted octanol–water partition coefficient (Wildman–Crippen LogP) is 3.95. The minimum absolute atomic E-state index is 0.0637. The number of nitrogens with zero attached hydrogens (tertiary/aromatic N) is 3. The summed E-state index contributed by atoms with van der Waals surface area (Å²) in [6.45, 7) is 0.379. The van der Waals surface area contributed by atoms with Gasteiger partial charge in [-0.1, -0.05) is 0 Å². The lowest BCUT2D eigenvalue weighted by Gasteiger charge is -2.32. The lowest BCUT2D eigenvalue weighted by atomic mass is 9.79. The summed E-state index contributed by atoms with van der Waals surface area (Å²) < 4.78 is 29.1. The number of benzene rings is 1. The first-order valence-corrected chi connectivity index (χ1v) is 9.90. The van der Waals surface area contributed by atoms with Crippen LogP contribution in [-0.4, -0.2) is 27.4 Å². The highest BCUT2D eigenvalue weighted by Crippen LogP contribution is 2.37. The molecule has 150 valence electrons. The largest absolute Gasteiger partial charge is 0.273 e. The number of carbonyl (C=O) groups excluding carboxylic acids is 1. The molecule has 0 radical (unpaired) electrons. The summed E-state index contributed by atoms with van der Waals surface area (Å²) in [5.41, 5.74) is 1.67. The van der Waals surface area contributed by atoms with Crippen LogP contribution in [0.15, 0.2) is 30.5 Å². The summed E-state index contributed by atoms with van der Waals surface area (Å²) in [5, 5.41) is 5.57. The van der Waals surface area contributed by atoms with E-state index >= 15 is 0 Å². The van der Waals surface area contributed by atoms with Crippen LogP contribution in [0.2, 0.25) is 0 Å². The molecule has 2 aliphatic rings. The van der Waals surface area contributed by atoms with Crippen molar-refractivity contribution < 1.29 is 18.4 Å². The van der Waals surface area contributed by atoms with Crippen molar-refractivity contribution in [2.75, 3.05) is 6.61 Å². The third-order valence-corrected chi connectivity index (χ3v) is 6.01. The Balaban J connectivity index is 1.38. The smallest absolute Gasteiger partial charge is 0.249 e. The Morgan fingerprint density at radius 3 is 2.50 bits per heavy atom. The Kier molecular flexibility index (Phi) is 5.44. The topological polar surface area (TPSA) is 47.4 Å². The van der Waals surface area contributed by atoms with Crippen LogP contribution in [0.4, 0.5) is 8.78 Å². The maximum absolute atomic E-state index is 13.6. The fraction of sp³-hybridized carbons (Fsp3) is 0.524. The minimum atomic E-state index is -0.634. The predicted molar refractivity (Wildman–Crippen MR) is 98.9 cm³/mol. The van der Waals surface area contributed by atoms with Gasteiger partial charge in [0.2, 0.25) is 5.91 Å². The highest BCUT2D eigenvalue weighted by Gasteiger charge is 2.37. The van der Waals surface area contributed by atoms with Crippen molar-refractivity contribution in [3.05, 3.63) is 53.4 Å². The standard InChI is InChI=1S/C21H25F2N3O2/c1-25-19(6-8-24-25)10-14-2-4-15(5-3-14)21(27)26-20(7-9-28-26)16-11-17(22)13-18(23)12-16/h6,8,11-15,20H,2-5,7,9-10H2,1H3/t14-,15-,20-/m0/s1. The molecule has 1 amide bonds. The lowest BCUT2D eigenvalue weighted by molar-refractivity contribution is -0.183. The third kappa shape index (κ3) is 3.94. The molecule has 2 heterocycles. The number of hydroxylamine groups is 2. The van der Waals surface area contributed by atoms with E-state index in [2.05, 4.69) is 5.10 Å². The Morgan fingerprint density at radius 1 is 1.14 bits per heavy atom. The number of hydrogen-bond donors (Lipinski definition) is 0. The number of hydrogen-bond acceptors (Lipinski definition) is 3. The van der Waals surface area contributed by atoms with Gasteiger partial charge in [-0.3, -0.25) is 14.3 Å². The minimum Gasteiger partial charge on any atom is -0.273 e. The second kappa shape index (κ2) is 7.99. The van der Waals surface area contributed by atoms with Gasteiger partial charge in [0.1, 0.15) is 11.6 Å². The molecule has 1 aliphatic carbocycles.